The highest BCUT2D eigenvalue weighted by Crippen LogP contribution is 2.52. The second-order valence-electron chi connectivity index (χ2n) is 6.06. The molecule has 0 aromatic carbocycles. The van der Waals surface area contributed by atoms with E-state index in [9.17, 15) is 10.4 Å². The van der Waals surface area contributed by atoms with Crippen LogP contribution < -0.4 is 0 Å². The van der Waals surface area contributed by atoms with Crippen molar-refractivity contribution in [2.24, 2.45) is 5.41 Å². The van der Waals surface area contributed by atoms with Gasteiger partial charge in [0.25, 0.3) is 0 Å². The van der Waals surface area contributed by atoms with Crippen molar-refractivity contribution in [2.75, 3.05) is 13.1 Å². The molecule has 2 rings (SSSR count). The quantitative estimate of drug-likeness (QED) is 0.800. The van der Waals surface area contributed by atoms with Crippen LogP contribution in [0.25, 0.3) is 0 Å². The molecule has 1 saturated heterocycles. The van der Waals surface area contributed by atoms with Crippen molar-refractivity contribution in [3.63, 3.8) is 0 Å². The van der Waals surface area contributed by atoms with Crippen LogP contribution in [-0.2, 0) is 0 Å². The van der Waals surface area contributed by atoms with E-state index in [-0.39, 0.29) is 0 Å². The van der Waals surface area contributed by atoms with Crippen molar-refractivity contribution in [3.05, 3.63) is 0 Å². The highest BCUT2D eigenvalue weighted by molar-refractivity contribution is 5.16. The van der Waals surface area contributed by atoms with Gasteiger partial charge in [-0.05, 0) is 52.5 Å². The van der Waals surface area contributed by atoms with Crippen LogP contribution in [-0.4, -0.2) is 34.7 Å². The maximum absolute atomic E-state index is 10.9. The number of rotatable bonds is 2. The van der Waals surface area contributed by atoms with E-state index in [2.05, 4.69) is 24.8 Å². The molecular formula is C14H24N2O. The highest BCUT2D eigenvalue weighted by Gasteiger charge is 2.54. The zero-order chi connectivity index (χ0) is 12.5. The molecule has 1 N–H and O–H groups in total. The molecule has 0 radical (unpaired) electrons. The molecule has 1 heterocycles. The zero-order valence-corrected chi connectivity index (χ0v) is 11.1. The van der Waals surface area contributed by atoms with E-state index >= 15 is 0 Å². The number of hydrogen-bond donors (Lipinski definition) is 1. The third-order valence-corrected chi connectivity index (χ3v) is 4.89. The van der Waals surface area contributed by atoms with Gasteiger partial charge in [0.2, 0.25) is 0 Å². The first-order chi connectivity index (χ1) is 8.03. The van der Waals surface area contributed by atoms with Gasteiger partial charge >= 0.3 is 0 Å². The summed E-state index contributed by atoms with van der Waals surface area (Å²) in [7, 11) is 0. The Labute approximate surface area is 104 Å². The van der Waals surface area contributed by atoms with E-state index in [0.29, 0.717) is 6.04 Å². The topological polar surface area (TPSA) is 47.3 Å². The van der Waals surface area contributed by atoms with Crippen molar-refractivity contribution < 1.29 is 5.11 Å². The molecule has 0 bridgehead atoms. The number of nitrogens with zero attached hydrogens (tertiary/aromatic N) is 2. The van der Waals surface area contributed by atoms with Crippen LogP contribution in [0.15, 0.2) is 0 Å². The standard InChI is InChI=1S/C14H24N2O/c1-12(2)16-9-4-7-14(17,8-10-16)13(11-15)5-3-6-13/h12,17H,3-10H2,1-2H3. The van der Waals surface area contributed by atoms with Crippen LogP contribution in [0.2, 0.25) is 0 Å². The van der Waals surface area contributed by atoms with E-state index in [1.807, 2.05) is 0 Å². The fourth-order valence-corrected chi connectivity index (χ4v) is 3.35. The van der Waals surface area contributed by atoms with Crippen molar-refractivity contribution >= 4 is 0 Å². The van der Waals surface area contributed by atoms with Gasteiger partial charge in [0, 0.05) is 12.6 Å². The average molecular weight is 236 g/mol. The summed E-state index contributed by atoms with van der Waals surface area (Å²) < 4.78 is 0. The van der Waals surface area contributed by atoms with Crippen molar-refractivity contribution in [1.82, 2.24) is 4.90 Å². The van der Waals surface area contributed by atoms with E-state index in [1.165, 1.54) is 0 Å². The largest absolute Gasteiger partial charge is 0.388 e. The molecule has 3 nitrogen and oxygen atoms in total. The minimum atomic E-state index is -0.732. The van der Waals surface area contributed by atoms with Gasteiger partial charge in [-0.2, -0.15) is 5.26 Å². The zero-order valence-electron chi connectivity index (χ0n) is 11.1. The Morgan fingerprint density at radius 2 is 1.82 bits per heavy atom. The summed E-state index contributed by atoms with van der Waals surface area (Å²) >= 11 is 0. The first kappa shape index (κ1) is 12.9. The summed E-state index contributed by atoms with van der Waals surface area (Å²) in [5, 5.41) is 20.3. The molecule has 96 valence electrons. The molecular weight excluding hydrogens is 212 g/mol. The lowest BCUT2D eigenvalue weighted by molar-refractivity contribution is -0.103. The molecule has 0 spiro atoms. The van der Waals surface area contributed by atoms with Gasteiger partial charge in [-0.3, -0.25) is 0 Å². The van der Waals surface area contributed by atoms with E-state index in [0.717, 1.165) is 51.6 Å². The van der Waals surface area contributed by atoms with Crippen molar-refractivity contribution in [3.8, 4) is 6.07 Å². The minimum Gasteiger partial charge on any atom is -0.388 e. The molecule has 0 amide bonds. The Hall–Kier alpha value is -0.590. The van der Waals surface area contributed by atoms with E-state index in [4.69, 9.17) is 0 Å². The SMILES string of the molecule is CC(C)N1CCCC(O)(C2(C#N)CCC2)CC1. The van der Waals surface area contributed by atoms with Crippen molar-refractivity contribution in [2.45, 2.75) is 64.0 Å². The average Bonchev–Trinajstić information content (AvgIpc) is 2.40. The normalized spacial score (nSPS) is 33.8. The number of hydrogen-bond acceptors (Lipinski definition) is 3. The van der Waals surface area contributed by atoms with E-state index in [1.54, 1.807) is 0 Å². The van der Waals surface area contributed by atoms with Crippen LogP contribution in [0.4, 0.5) is 0 Å². The predicted molar refractivity (Wildman–Crippen MR) is 67.4 cm³/mol. The van der Waals surface area contributed by atoms with Crippen LogP contribution >= 0.6 is 0 Å². The first-order valence-corrected chi connectivity index (χ1v) is 6.91. The minimum absolute atomic E-state index is 0.431. The molecule has 1 saturated carbocycles. The Kier molecular flexibility index (Phi) is 3.47. The summed E-state index contributed by atoms with van der Waals surface area (Å²) in [6, 6.07) is 2.97. The van der Waals surface area contributed by atoms with Crippen LogP contribution in [0.3, 0.4) is 0 Å². The van der Waals surface area contributed by atoms with Gasteiger partial charge in [0.05, 0.1) is 17.1 Å². The summed E-state index contributed by atoms with van der Waals surface area (Å²) in [6.45, 7) is 6.39. The second-order valence-corrected chi connectivity index (χ2v) is 6.06. The van der Waals surface area contributed by atoms with Gasteiger partial charge in [-0.25, -0.2) is 0 Å². The molecule has 0 aromatic rings. The monoisotopic (exact) mass is 236 g/mol. The summed E-state index contributed by atoms with van der Waals surface area (Å²) in [5.41, 5.74) is -1.16. The Morgan fingerprint density at radius 3 is 2.29 bits per heavy atom. The molecule has 2 aliphatic rings. The number of aliphatic hydroxyl groups is 1. The van der Waals surface area contributed by atoms with Gasteiger partial charge in [-0.1, -0.05) is 6.42 Å². The smallest absolute Gasteiger partial charge is 0.0860 e. The lowest BCUT2D eigenvalue weighted by atomic mass is 9.57. The second kappa shape index (κ2) is 4.59. The maximum atomic E-state index is 10.9. The van der Waals surface area contributed by atoms with Crippen LogP contribution in [0.5, 0.6) is 0 Å². The number of nitriles is 1. The molecule has 1 atom stereocenters. The molecule has 1 aliphatic carbocycles. The Morgan fingerprint density at radius 1 is 1.12 bits per heavy atom. The Bertz CT molecular complexity index is 317. The molecule has 0 aromatic heterocycles. The lowest BCUT2D eigenvalue weighted by Gasteiger charge is -2.48. The summed E-state index contributed by atoms with van der Waals surface area (Å²) in [5.74, 6) is 0. The van der Waals surface area contributed by atoms with Crippen LogP contribution in [0, 0.1) is 16.7 Å². The molecule has 1 unspecified atom stereocenters. The molecule has 1 aliphatic heterocycles. The fourth-order valence-electron chi connectivity index (χ4n) is 3.35. The Balaban J connectivity index is 2.09. The van der Waals surface area contributed by atoms with Gasteiger partial charge in [0.15, 0.2) is 0 Å². The maximum Gasteiger partial charge on any atom is 0.0860 e. The van der Waals surface area contributed by atoms with E-state index < -0.39 is 11.0 Å². The fraction of sp³-hybridized carbons (Fsp3) is 0.929. The summed E-state index contributed by atoms with van der Waals surface area (Å²) in [6.07, 6.45) is 5.45. The molecule has 3 heteroatoms. The first-order valence-electron chi connectivity index (χ1n) is 6.91. The van der Waals surface area contributed by atoms with Crippen LogP contribution in [0.1, 0.15) is 52.4 Å². The van der Waals surface area contributed by atoms with Gasteiger partial charge in [-0.15, -0.1) is 0 Å². The lowest BCUT2D eigenvalue weighted by Crippen LogP contribution is -2.52. The predicted octanol–water partition coefficient (Wildman–Crippen LogP) is 2.31. The molecule has 2 fully saturated rings. The summed E-state index contributed by atoms with van der Waals surface area (Å²) in [4.78, 5) is 2.42. The number of likely N-dealkylation sites (tertiary alicyclic amines) is 1. The highest BCUT2D eigenvalue weighted by atomic mass is 16.3. The third kappa shape index (κ3) is 2.09. The molecule has 17 heavy (non-hydrogen) atoms. The van der Waals surface area contributed by atoms with Gasteiger partial charge in [0.1, 0.15) is 0 Å². The van der Waals surface area contributed by atoms with Crippen molar-refractivity contribution in [1.29, 1.82) is 5.26 Å². The third-order valence-electron chi connectivity index (χ3n) is 4.89. The van der Waals surface area contributed by atoms with Gasteiger partial charge < -0.3 is 10.0 Å².